The number of halogens is 3. The van der Waals surface area contributed by atoms with Crippen LogP contribution in [-0.4, -0.2) is 22.0 Å². The number of aromatic nitrogens is 1. The van der Waals surface area contributed by atoms with Crippen molar-refractivity contribution in [1.82, 2.24) is 4.98 Å². The average Bonchev–Trinajstić information content (AvgIpc) is 2.45. The number of nitrogens with zero attached hydrogens (tertiary/aromatic N) is 1. The molecule has 9 heteroatoms. The molecule has 2 N–H and O–H groups in total. The number of aromatic carboxylic acids is 1. The number of hydrogen-bond acceptors (Lipinski definition) is 4. The van der Waals surface area contributed by atoms with E-state index in [0.29, 0.717) is 0 Å². The van der Waals surface area contributed by atoms with E-state index in [1.807, 2.05) is 0 Å². The fourth-order valence-corrected chi connectivity index (χ4v) is 2.35. The van der Waals surface area contributed by atoms with Crippen molar-refractivity contribution in [2.45, 2.75) is 10.7 Å². The molecule has 0 atom stereocenters. The van der Waals surface area contributed by atoms with Gasteiger partial charge in [-0.1, -0.05) is 46.1 Å². The normalized spacial score (nSPS) is 11.2. The minimum absolute atomic E-state index is 0.0752. The van der Waals surface area contributed by atoms with Gasteiger partial charge >= 0.3 is 5.97 Å². The first-order valence-electron chi connectivity index (χ1n) is 3.80. The molecule has 1 aromatic heterocycles. The smallest absolute Gasteiger partial charge is 0.348 e. The number of rotatable bonds is 2. The number of amides is 1. The first-order valence-corrected chi connectivity index (χ1v) is 5.75. The van der Waals surface area contributed by atoms with Crippen LogP contribution in [0.3, 0.4) is 0 Å². The summed E-state index contributed by atoms with van der Waals surface area (Å²) < 4.78 is -1.94. The molecule has 88 valence electrons. The van der Waals surface area contributed by atoms with E-state index in [1.165, 1.54) is 6.92 Å². The number of carbonyl (C=O) groups is 2. The van der Waals surface area contributed by atoms with Crippen LogP contribution in [0.1, 0.15) is 22.3 Å². The van der Waals surface area contributed by atoms with Gasteiger partial charge in [0.2, 0.25) is 9.70 Å². The molecule has 1 rings (SSSR count). The first-order chi connectivity index (χ1) is 7.21. The lowest BCUT2D eigenvalue weighted by molar-refractivity contribution is -0.114. The fourth-order valence-electron chi connectivity index (χ4n) is 0.861. The van der Waals surface area contributed by atoms with Crippen molar-refractivity contribution in [3.63, 3.8) is 0 Å². The van der Waals surface area contributed by atoms with Crippen LogP contribution in [0.4, 0.5) is 5.13 Å². The van der Waals surface area contributed by atoms with Crippen molar-refractivity contribution in [3.8, 4) is 0 Å². The van der Waals surface area contributed by atoms with E-state index in [1.54, 1.807) is 0 Å². The molecule has 0 bridgehead atoms. The maximum atomic E-state index is 10.8. The highest BCUT2D eigenvalue weighted by Crippen LogP contribution is 2.42. The van der Waals surface area contributed by atoms with Crippen LogP contribution >= 0.6 is 46.1 Å². The van der Waals surface area contributed by atoms with Crippen LogP contribution in [-0.2, 0) is 8.59 Å². The van der Waals surface area contributed by atoms with Gasteiger partial charge in [-0.3, -0.25) is 4.79 Å². The second kappa shape index (κ2) is 4.75. The van der Waals surface area contributed by atoms with Gasteiger partial charge in [0.05, 0.1) is 0 Å². The van der Waals surface area contributed by atoms with Crippen LogP contribution in [0.2, 0.25) is 0 Å². The monoisotopic (exact) mass is 302 g/mol. The zero-order valence-electron chi connectivity index (χ0n) is 7.75. The quantitative estimate of drug-likeness (QED) is 0.823. The van der Waals surface area contributed by atoms with E-state index in [0.717, 1.165) is 11.3 Å². The molecule has 0 aliphatic carbocycles. The Balaban J connectivity index is 3.21. The number of carboxylic acid groups (broad SMARTS) is 1. The van der Waals surface area contributed by atoms with Crippen molar-refractivity contribution < 1.29 is 14.7 Å². The highest BCUT2D eigenvalue weighted by molar-refractivity contribution is 7.17. The highest BCUT2D eigenvalue weighted by Gasteiger charge is 2.33. The number of hydrogen-bond donors (Lipinski definition) is 2. The molecule has 0 aliphatic heterocycles. The average molecular weight is 304 g/mol. The third-order valence-electron chi connectivity index (χ3n) is 1.37. The summed E-state index contributed by atoms with van der Waals surface area (Å²) in [7, 11) is 0. The fraction of sp³-hybridized carbons (Fsp3) is 0.286. The number of nitrogens with one attached hydrogen (secondary N) is 1. The summed E-state index contributed by atoms with van der Waals surface area (Å²) in [6.07, 6.45) is 0. The molecule has 1 heterocycles. The summed E-state index contributed by atoms with van der Waals surface area (Å²) in [5.41, 5.74) is -0.209. The molecule has 0 saturated carbocycles. The summed E-state index contributed by atoms with van der Waals surface area (Å²) in [6, 6.07) is 0. The number of thiazole rings is 1. The molecule has 0 aliphatic rings. The van der Waals surface area contributed by atoms with Crippen molar-refractivity contribution in [3.05, 3.63) is 10.6 Å². The lowest BCUT2D eigenvalue weighted by atomic mass is 10.4. The van der Waals surface area contributed by atoms with Crippen molar-refractivity contribution in [2.75, 3.05) is 5.32 Å². The van der Waals surface area contributed by atoms with Crippen LogP contribution in [0.25, 0.3) is 0 Å². The molecule has 16 heavy (non-hydrogen) atoms. The van der Waals surface area contributed by atoms with Crippen molar-refractivity contribution in [1.29, 1.82) is 0 Å². The van der Waals surface area contributed by atoms with Gasteiger partial charge in [-0.25, -0.2) is 9.78 Å². The summed E-state index contributed by atoms with van der Waals surface area (Å²) in [5.74, 6) is -1.66. The summed E-state index contributed by atoms with van der Waals surface area (Å²) in [5, 5.41) is 11.3. The number of carboxylic acids is 1. The van der Waals surface area contributed by atoms with E-state index in [-0.39, 0.29) is 21.6 Å². The minimum atomic E-state index is -1.94. The Morgan fingerprint density at radius 2 is 2.00 bits per heavy atom. The van der Waals surface area contributed by atoms with Crippen molar-refractivity contribution in [2.24, 2.45) is 0 Å². The van der Waals surface area contributed by atoms with Crippen molar-refractivity contribution >= 4 is 63.1 Å². The van der Waals surface area contributed by atoms with Gasteiger partial charge < -0.3 is 10.4 Å². The highest BCUT2D eigenvalue weighted by atomic mass is 35.6. The third kappa shape index (κ3) is 3.21. The zero-order valence-corrected chi connectivity index (χ0v) is 10.8. The number of alkyl halides is 3. The third-order valence-corrected chi connectivity index (χ3v) is 2.87. The number of carbonyl (C=O) groups excluding carboxylic acids is 1. The molecular weight excluding hydrogens is 299 g/mol. The lowest BCUT2D eigenvalue weighted by Gasteiger charge is -2.07. The Morgan fingerprint density at radius 3 is 2.31 bits per heavy atom. The molecule has 5 nitrogen and oxygen atoms in total. The van der Waals surface area contributed by atoms with E-state index in [2.05, 4.69) is 10.3 Å². The lowest BCUT2D eigenvalue weighted by Crippen LogP contribution is -2.09. The van der Waals surface area contributed by atoms with Gasteiger partial charge in [0.25, 0.3) is 0 Å². The van der Waals surface area contributed by atoms with E-state index < -0.39 is 9.76 Å². The Bertz CT molecular complexity index is 441. The molecule has 0 aromatic carbocycles. The topological polar surface area (TPSA) is 79.3 Å². The van der Waals surface area contributed by atoms with Crippen LogP contribution in [0.15, 0.2) is 0 Å². The first kappa shape index (κ1) is 13.5. The van der Waals surface area contributed by atoms with Gasteiger partial charge in [-0.05, 0) is 0 Å². The van der Waals surface area contributed by atoms with Gasteiger partial charge in [0.15, 0.2) is 5.13 Å². The van der Waals surface area contributed by atoms with E-state index in [9.17, 15) is 9.59 Å². The predicted molar refractivity (Wildman–Crippen MR) is 62.6 cm³/mol. The Kier molecular flexibility index (Phi) is 4.01. The summed E-state index contributed by atoms with van der Waals surface area (Å²) in [6.45, 7) is 1.26. The molecule has 0 fully saturated rings. The standard InChI is InChI=1S/C7H5Cl3N2O3S/c1-2(13)11-6-12-4(7(8,9)10)3(16-6)5(14)15/h1H3,(H,14,15)(H,11,12,13). The Morgan fingerprint density at radius 1 is 1.44 bits per heavy atom. The molecule has 0 saturated heterocycles. The molecule has 1 aromatic rings. The molecule has 1 amide bonds. The van der Waals surface area contributed by atoms with Crippen LogP contribution in [0.5, 0.6) is 0 Å². The van der Waals surface area contributed by atoms with Gasteiger partial charge in [-0.2, -0.15) is 0 Å². The van der Waals surface area contributed by atoms with Gasteiger partial charge in [0.1, 0.15) is 10.6 Å². The predicted octanol–water partition coefficient (Wildman–Crippen LogP) is 2.63. The van der Waals surface area contributed by atoms with Gasteiger partial charge in [0, 0.05) is 6.92 Å². The summed E-state index contributed by atoms with van der Waals surface area (Å²) >= 11 is 17.4. The molecule has 0 spiro atoms. The largest absolute Gasteiger partial charge is 0.477 e. The molecule has 0 radical (unpaired) electrons. The number of anilines is 1. The second-order valence-corrected chi connectivity index (χ2v) is 5.96. The Hall–Kier alpha value is -0.560. The van der Waals surface area contributed by atoms with Gasteiger partial charge in [-0.15, -0.1) is 0 Å². The van der Waals surface area contributed by atoms with Crippen LogP contribution in [0, 0.1) is 0 Å². The minimum Gasteiger partial charge on any atom is -0.477 e. The Labute approximate surface area is 109 Å². The zero-order chi connectivity index (χ0) is 12.5. The van der Waals surface area contributed by atoms with E-state index >= 15 is 0 Å². The molecule has 0 unspecified atom stereocenters. The summed E-state index contributed by atoms with van der Waals surface area (Å²) in [4.78, 5) is 25.1. The van der Waals surface area contributed by atoms with Crippen LogP contribution < -0.4 is 5.32 Å². The SMILES string of the molecule is CC(=O)Nc1nc(C(Cl)(Cl)Cl)c(C(=O)O)s1. The second-order valence-electron chi connectivity index (χ2n) is 2.68. The molecular formula is C7H5Cl3N2O3S. The van der Waals surface area contributed by atoms with E-state index in [4.69, 9.17) is 39.9 Å². The maximum Gasteiger partial charge on any atom is 0.348 e. The maximum absolute atomic E-state index is 10.8.